The third kappa shape index (κ3) is 4.03. The highest BCUT2D eigenvalue weighted by molar-refractivity contribution is 6.03. The maximum absolute atomic E-state index is 12.4. The molecule has 0 spiro atoms. The normalized spacial score (nSPS) is 15.4. The van der Waals surface area contributed by atoms with E-state index in [1.807, 2.05) is 0 Å². The molecule has 2 aromatic rings. The van der Waals surface area contributed by atoms with E-state index in [-0.39, 0.29) is 23.7 Å². The van der Waals surface area contributed by atoms with E-state index in [0.717, 1.165) is 32.1 Å². The van der Waals surface area contributed by atoms with Crippen LogP contribution in [0.1, 0.15) is 67.4 Å². The standard InChI is InChI=1S/C19H23N5O4/c1-2-14(22-23-16(25)12-8-10-20-11-9-12)15-17(26)21-19(28)24(18(15)27)13-6-4-3-5-7-13/h8-11,13,27H,2-7H2,1H3,(H,23,25)(H,21,26,28)/b22-14-. The van der Waals surface area contributed by atoms with Gasteiger partial charge < -0.3 is 5.11 Å². The summed E-state index contributed by atoms with van der Waals surface area (Å²) < 4.78 is 1.24. The zero-order valence-electron chi connectivity index (χ0n) is 15.6. The van der Waals surface area contributed by atoms with E-state index in [2.05, 4.69) is 20.5 Å². The SMILES string of the molecule is CC/C(=N/NC(=O)c1ccncc1)c1c(O)n(C2CCCCC2)c(=O)[nH]c1=O. The Labute approximate surface area is 161 Å². The van der Waals surface area contributed by atoms with Crippen LogP contribution in [0.25, 0.3) is 0 Å². The van der Waals surface area contributed by atoms with E-state index in [9.17, 15) is 19.5 Å². The highest BCUT2D eigenvalue weighted by Crippen LogP contribution is 2.30. The van der Waals surface area contributed by atoms with E-state index in [0.29, 0.717) is 5.56 Å². The summed E-state index contributed by atoms with van der Waals surface area (Å²) in [4.78, 5) is 43.0. The van der Waals surface area contributed by atoms with Crippen LogP contribution in [-0.2, 0) is 0 Å². The predicted octanol–water partition coefficient (Wildman–Crippen LogP) is 1.69. The Morgan fingerprint density at radius 3 is 2.61 bits per heavy atom. The van der Waals surface area contributed by atoms with Gasteiger partial charge in [-0.3, -0.25) is 24.1 Å². The molecule has 1 aliphatic rings. The second-order valence-corrected chi connectivity index (χ2v) is 6.71. The van der Waals surface area contributed by atoms with Gasteiger partial charge >= 0.3 is 5.69 Å². The average Bonchev–Trinajstić information content (AvgIpc) is 2.71. The minimum atomic E-state index is -0.728. The molecule has 3 N–H and O–H groups in total. The van der Waals surface area contributed by atoms with E-state index < -0.39 is 23.0 Å². The predicted molar refractivity (Wildman–Crippen MR) is 104 cm³/mol. The molecule has 0 saturated heterocycles. The van der Waals surface area contributed by atoms with E-state index >= 15 is 0 Å². The van der Waals surface area contributed by atoms with Gasteiger partial charge in [-0.2, -0.15) is 5.10 Å². The summed E-state index contributed by atoms with van der Waals surface area (Å²) in [5.41, 5.74) is 1.48. The molecule has 0 atom stereocenters. The number of hydrogen-bond acceptors (Lipinski definition) is 6. The smallest absolute Gasteiger partial charge is 0.331 e. The Kier molecular flexibility index (Phi) is 6.03. The van der Waals surface area contributed by atoms with Gasteiger partial charge in [0.15, 0.2) is 0 Å². The number of hydrogen-bond donors (Lipinski definition) is 3. The molecule has 1 saturated carbocycles. The van der Waals surface area contributed by atoms with Gasteiger partial charge in [-0.05, 0) is 31.4 Å². The molecule has 2 aromatic heterocycles. The highest BCUT2D eigenvalue weighted by atomic mass is 16.3. The van der Waals surface area contributed by atoms with Crippen molar-refractivity contribution >= 4 is 11.6 Å². The molecule has 148 valence electrons. The number of nitrogens with zero attached hydrogens (tertiary/aromatic N) is 3. The minimum Gasteiger partial charge on any atom is -0.494 e. The molecule has 0 aliphatic heterocycles. The summed E-state index contributed by atoms with van der Waals surface area (Å²) in [6.45, 7) is 1.74. The van der Waals surface area contributed by atoms with Gasteiger partial charge in [0.25, 0.3) is 11.5 Å². The second-order valence-electron chi connectivity index (χ2n) is 6.71. The molecular formula is C19H23N5O4. The summed E-state index contributed by atoms with van der Waals surface area (Å²) in [6, 6.07) is 2.90. The Morgan fingerprint density at radius 2 is 1.96 bits per heavy atom. The largest absolute Gasteiger partial charge is 0.494 e. The molecule has 9 heteroatoms. The van der Waals surface area contributed by atoms with Crippen LogP contribution in [0.5, 0.6) is 5.88 Å². The molecule has 0 unspecified atom stereocenters. The molecule has 1 aliphatic carbocycles. The number of pyridine rings is 1. The first-order valence-corrected chi connectivity index (χ1v) is 9.38. The fraction of sp³-hybridized carbons (Fsp3) is 0.421. The summed E-state index contributed by atoms with van der Waals surface area (Å²) >= 11 is 0. The van der Waals surface area contributed by atoms with Gasteiger partial charge in [0.2, 0.25) is 5.88 Å². The summed E-state index contributed by atoms with van der Waals surface area (Å²) in [7, 11) is 0. The fourth-order valence-electron chi connectivity index (χ4n) is 3.47. The van der Waals surface area contributed by atoms with Gasteiger partial charge in [0.05, 0.1) is 5.71 Å². The molecule has 1 fully saturated rings. The monoisotopic (exact) mass is 385 g/mol. The van der Waals surface area contributed by atoms with Gasteiger partial charge in [-0.25, -0.2) is 10.2 Å². The molecule has 28 heavy (non-hydrogen) atoms. The summed E-state index contributed by atoms with van der Waals surface area (Å²) in [5.74, 6) is -0.871. The molecule has 0 aromatic carbocycles. The molecule has 2 heterocycles. The number of aromatic hydroxyl groups is 1. The fourth-order valence-corrected chi connectivity index (χ4v) is 3.47. The number of aromatic nitrogens is 3. The van der Waals surface area contributed by atoms with Crippen molar-refractivity contribution in [3.8, 4) is 5.88 Å². The Bertz CT molecular complexity index is 988. The van der Waals surface area contributed by atoms with Crippen molar-refractivity contribution in [2.24, 2.45) is 5.10 Å². The van der Waals surface area contributed by atoms with Crippen molar-refractivity contribution in [3.05, 3.63) is 56.5 Å². The number of H-pyrrole nitrogens is 1. The number of hydrazone groups is 1. The first-order chi connectivity index (χ1) is 13.5. The lowest BCUT2D eigenvalue weighted by molar-refractivity contribution is 0.0954. The first kappa shape index (κ1) is 19.5. The first-order valence-electron chi connectivity index (χ1n) is 9.38. The van der Waals surface area contributed by atoms with Gasteiger partial charge in [0, 0.05) is 24.0 Å². The highest BCUT2D eigenvalue weighted by Gasteiger charge is 2.24. The lowest BCUT2D eigenvalue weighted by Crippen LogP contribution is -2.37. The van der Waals surface area contributed by atoms with Crippen molar-refractivity contribution in [2.45, 2.75) is 51.5 Å². The van der Waals surface area contributed by atoms with Gasteiger partial charge in [-0.15, -0.1) is 0 Å². The number of carbonyl (C=O) groups excluding carboxylic acids is 1. The number of amides is 1. The van der Waals surface area contributed by atoms with E-state index in [4.69, 9.17) is 0 Å². The average molecular weight is 385 g/mol. The van der Waals surface area contributed by atoms with Crippen LogP contribution in [0, 0.1) is 0 Å². The van der Waals surface area contributed by atoms with Crippen molar-refractivity contribution in [1.82, 2.24) is 20.0 Å². The third-order valence-electron chi connectivity index (χ3n) is 4.92. The van der Waals surface area contributed by atoms with Crippen LogP contribution in [0.15, 0.2) is 39.2 Å². The van der Waals surface area contributed by atoms with Crippen LogP contribution < -0.4 is 16.7 Å². The quantitative estimate of drug-likeness (QED) is 0.533. The van der Waals surface area contributed by atoms with E-state index in [1.165, 1.54) is 29.1 Å². The number of aromatic amines is 1. The Hall–Kier alpha value is -3.23. The van der Waals surface area contributed by atoms with Crippen molar-refractivity contribution in [3.63, 3.8) is 0 Å². The Morgan fingerprint density at radius 1 is 1.29 bits per heavy atom. The lowest BCUT2D eigenvalue weighted by Gasteiger charge is -2.25. The molecular weight excluding hydrogens is 362 g/mol. The second kappa shape index (κ2) is 8.64. The molecule has 1 amide bonds. The van der Waals surface area contributed by atoms with E-state index in [1.54, 1.807) is 6.92 Å². The topological polar surface area (TPSA) is 129 Å². The van der Waals surface area contributed by atoms with Crippen molar-refractivity contribution in [2.75, 3.05) is 0 Å². The Balaban J connectivity index is 1.96. The van der Waals surface area contributed by atoms with Gasteiger partial charge in [0.1, 0.15) is 5.56 Å². The molecule has 0 bridgehead atoms. The minimum absolute atomic E-state index is 0.0947. The maximum atomic E-state index is 12.4. The third-order valence-corrected chi connectivity index (χ3v) is 4.92. The van der Waals surface area contributed by atoms with Crippen LogP contribution in [0.2, 0.25) is 0 Å². The molecule has 0 radical (unpaired) electrons. The van der Waals surface area contributed by atoms with Crippen molar-refractivity contribution < 1.29 is 9.90 Å². The van der Waals surface area contributed by atoms with Gasteiger partial charge in [-0.1, -0.05) is 26.2 Å². The molecule has 9 nitrogen and oxygen atoms in total. The maximum Gasteiger partial charge on any atom is 0.331 e. The number of rotatable bonds is 5. The summed E-state index contributed by atoms with van der Waals surface area (Å²) in [6.07, 6.45) is 7.77. The van der Waals surface area contributed by atoms with Crippen LogP contribution in [0.3, 0.4) is 0 Å². The van der Waals surface area contributed by atoms with Crippen LogP contribution in [0.4, 0.5) is 0 Å². The van der Waals surface area contributed by atoms with Crippen LogP contribution in [-0.4, -0.2) is 31.3 Å². The number of carbonyl (C=O) groups is 1. The number of nitrogens with one attached hydrogen (secondary N) is 2. The zero-order chi connectivity index (χ0) is 20.1. The summed E-state index contributed by atoms with van der Waals surface area (Å²) in [5, 5.41) is 14.8. The zero-order valence-corrected chi connectivity index (χ0v) is 15.6. The lowest BCUT2D eigenvalue weighted by atomic mass is 9.95. The van der Waals surface area contributed by atoms with Crippen molar-refractivity contribution in [1.29, 1.82) is 0 Å². The van der Waals surface area contributed by atoms with Crippen LogP contribution >= 0.6 is 0 Å². The molecule has 3 rings (SSSR count).